The van der Waals surface area contributed by atoms with Gasteiger partial charge in [0.05, 0.1) is 12.2 Å². The third-order valence-electron chi connectivity index (χ3n) is 5.51. The molecule has 1 amide bonds. The van der Waals surface area contributed by atoms with Crippen molar-refractivity contribution in [2.75, 3.05) is 44.2 Å². The summed E-state index contributed by atoms with van der Waals surface area (Å²) in [5, 5.41) is 0. The topological polar surface area (TPSA) is 71.7 Å². The molecule has 1 aromatic heterocycles. The number of hydrogen-bond donors (Lipinski definition) is 1. The van der Waals surface area contributed by atoms with E-state index in [9.17, 15) is 4.79 Å². The molecule has 6 nitrogen and oxygen atoms in total. The number of fused-ring (bicyclic) bond motifs is 1. The number of amides is 1. The fourth-order valence-corrected chi connectivity index (χ4v) is 4.07. The monoisotopic (exact) mass is 366 g/mol. The first-order chi connectivity index (χ1) is 13.2. The number of aromatic nitrogens is 1. The zero-order chi connectivity index (χ0) is 18.6. The Hall–Kier alpha value is -2.60. The van der Waals surface area contributed by atoms with Gasteiger partial charge in [-0.15, -0.1) is 0 Å². The van der Waals surface area contributed by atoms with Crippen LogP contribution in [-0.2, 0) is 6.42 Å². The Labute approximate surface area is 159 Å². The second-order valence-corrected chi connectivity index (χ2v) is 7.34. The Kier molecular flexibility index (Phi) is 5.25. The Morgan fingerprint density at radius 3 is 2.78 bits per heavy atom. The van der Waals surface area contributed by atoms with Gasteiger partial charge >= 0.3 is 0 Å². The van der Waals surface area contributed by atoms with E-state index in [2.05, 4.69) is 33.0 Å². The van der Waals surface area contributed by atoms with E-state index in [1.54, 1.807) is 18.3 Å². The van der Waals surface area contributed by atoms with E-state index in [1.165, 1.54) is 5.56 Å². The first-order valence-electron chi connectivity index (χ1n) is 9.63. The van der Waals surface area contributed by atoms with Crippen molar-refractivity contribution in [1.29, 1.82) is 0 Å². The molecule has 2 aliphatic rings. The predicted octanol–water partition coefficient (Wildman–Crippen LogP) is 1.94. The molecular weight excluding hydrogens is 340 g/mol. The van der Waals surface area contributed by atoms with E-state index < -0.39 is 5.91 Å². The molecule has 2 N–H and O–H groups in total. The molecule has 0 bridgehead atoms. The molecule has 6 heteroatoms. The van der Waals surface area contributed by atoms with Crippen molar-refractivity contribution in [2.45, 2.75) is 12.8 Å². The molecule has 1 aromatic carbocycles. The van der Waals surface area contributed by atoms with Gasteiger partial charge in [-0.25, -0.2) is 4.98 Å². The van der Waals surface area contributed by atoms with Gasteiger partial charge in [-0.05, 0) is 42.5 Å². The van der Waals surface area contributed by atoms with Crippen LogP contribution in [0.1, 0.15) is 22.3 Å². The summed E-state index contributed by atoms with van der Waals surface area (Å²) in [7, 11) is 0. The van der Waals surface area contributed by atoms with E-state index in [4.69, 9.17) is 10.5 Å². The summed E-state index contributed by atoms with van der Waals surface area (Å²) in [6, 6.07) is 11.9. The normalized spacial score (nSPS) is 20.4. The number of hydrogen-bond acceptors (Lipinski definition) is 5. The van der Waals surface area contributed by atoms with Crippen LogP contribution in [0.25, 0.3) is 0 Å². The van der Waals surface area contributed by atoms with E-state index >= 15 is 0 Å². The minimum Gasteiger partial charge on any atom is -0.493 e. The van der Waals surface area contributed by atoms with Gasteiger partial charge in [-0.3, -0.25) is 9.69 Å². The Bertz CT molecular complexity index is 802. The number of nitrogens with zero attached hydrogens (tertiary/aromatic N) is 3. The number of nitrogens with two attached hydrogens (primary N) is 1. The molecule has 0 aliphatic carbocycles. The van der Waals surface area contributed by atoms with Gasteiger partial charge in [-0.2, -0.15) is 0 Å². The molecule has 1 fully saturated rings. The largest absolute Gasteiger partial charge is 0.493 e. The van der Waals surface area contributed by atoms with Crippen molar-refractivity contribution < 1.29 is 9.53 Å². The van der Waals surface area contributed by atoms with Crippen LogP contribution < -0.4 is 15.4 Å². The SMILES string of the molecule is NC(=O)c1cccnc1N1CCN(C[C@H]2CCOc3ccccc3C2)CC1. The molecule has 4 rings (SSSR count). The quantitative estimate of drug-likeness (QED) is 0.895. The number of carbonyl (C=O) groups excluding carboxylic acids is 1. The fraction of sp³-hybridized carbons (Fsp3) is 0.429. The van der Waals surface area contributed by atoms with Crippen molar-refractivity contribution in [3.63, 3.8) is 0 Å². The second kappa shape index (κ2) is 7.96. The first-order valence-corrected chi connectivity index (χ1v) is 9.63. The van der Waals surface area contributed by atoms with Crippen LogP contribution in [0.5, 0.6) is 5.75 Å². The average molecular weight is 366 g/mol. The highest BCUT2D eigenvalue weighted by atomic mass is 16.5. The molecule has 142 valence electrons. The molecular formula is C21H26N4O2. The van der Waals surface area contributed by atoms with Crippen molar-refractivity contribution in [3.8, 4) is 5.75 Å². The summed E-state index contributed by atoms with van der Waals surface area (Å²) < 4.78 is 5.90. The third-order valence-corrected chi connectivity index (χ3v) is 5.51. The number of pyridine rings is 1. The molecule has 1 saturated heterocycles. The number of benzene rings is 1. The summed E-state index contributed by atoms with van der Waals surface area (Å²) in [5.74, 6) is 1.94. The average Bonchev–Trinajstić information content (AvgIpc) is 2.90. The lowest BCUT2D eigenvalue weighted by Crippen LogP contribution is -2.48. The third kappa shape index (κ3) is 4.06. The number of primary amides is 1. The number of ether oxygens (including phenoxy) is 1. The molecule has 3 heterocycles. The lowest BCUT2D eigenvalue weighted by Gasteiger charge is -2.37. The first kappa shape index (κ1) is 17.8. The minimum atomic E-state index is -0.419. The van der Waals surface area contributed by atoms with Gasteiger partial charge in [0.15, 0.2) is 0 Å². The molecule has 2 aliphatic heterocycles. The molecule has 0 spiro atoms. The van der Waals surface area contributed by atoms with Crippen molar-refractivity contribution >= 4 is 11.7 Å². The van der Waals surface area contributed by atoms with Crippen LogP contribution in [0.4, 0.5) is 5.82 Å². The van der Waals surface area contributed by atoms with Crippen LogP contribution in [0.15, 0.2) is 42.6 Å². The molecule has 0 radical (unpaired) electrons. The maximum absolute atomic E-state index is 11.7. The maximum atomic E-state index is 11.7. The molecule has 27 heavy (non-hydrogen) atoms. The lowest BCUT2D eigenvalue weighted by atomic mass is 9.96. The van der Waals surface area contributed by atoms with Gasteiger partial charge in [0.25, 0.3) is 5.91 Å². The Morgan fingerprint density at radius 2 is 1.96 bits per heavy atom. The standard InChI is InChI=1S/C21H26N4O2/c22-20(26)18-5-3-8-23-21(18)25-11-9-24(10-12-25)15-16-7-13-27-19-6-2-1-4-17(19)14-16/h1-6,8,16H,7,9-15H2,(H2,22,26)/t16-/m0/s1. The van der Waals surface area contributed by atoms with Crippen molar-refractivity contribution in [3.05, 3.63) is 53.7 Å². The summed E-state index contributed by atoms with van der Waals surface area (Å²) >= 11 is 0. The van der Waals surface area contributed by atoms with Crippen molar-refractivity contribution in [1.82, 2.24) is 9.88 Å². The van der Waals surface area contributed by atoms with Crippen LogP contribution in [0.3, 0.4) is 0 Å². The molecule has 0 unspecified atom stereocenters. The van der Waals surface area contributed by atoms with Gasteiger partial charge in [0.1, 0.15) is 11.6 Å². The van der Waals surface area contributed by atoms with Gasteiger partial charge < -0.3 is 15.4 Å². The Balaban J connectivity index is 1.36. The van der Waals surface area contributed by atoms with Crippen molar-refractivity contribution in [2.24, 2.45) is 11.7 Å². The number of para-hydroxylation sites is 1. The highest BCUT2D eigenvalue weighted by Gasteiger charge is 2.25. The zero-order valence-electron chi connectivity index (χ0n) is 15.5. The van der Waals surface area contributed by atoms with Crippen LogP contribution in [-0.4, -0.2) is 55.1 Å². The maximum Gasteiger partial charge on any atom is 0.252 e. The van der Waals surface area contributed by atoms with Crippen LogP contribution >= 0.6 is 0 Å². The highest BCUT2D eigenvalue weighted by Crippen LogP contribution is 2.27. The summed E-state index contributed by atoms with van der Waals surface area (Å²) in [5.41, 5.74) is 7.32. The van der Waals surface area contributed by atoms with E-state index in [-0.39, 0.29) is 0 Å². The minimum absolute atomic E-state index is 0.419. The smallest absolute Gasteiger partial charge is 0.252 e. The van der Waals surface area contributed by atoms with Gasteiger partial charge in [0, 0.05) is 38.9 Å². The van der Waals surface area contributed by atoms with Gasteiger partial charge in [0.2, 0.25) is 0 Å². The number of rotatable bonds is 4. The summed E-state index contributed by atoms with van der Waals surface area (Å²) in [6.07, 6.45) is 3.88. The second-order valence-electron chi connectivity index (χ2n) is 7.34. The molecule has 0 saturated carbocycles. The summed E-state index contributed by atoms with van der Waals surface area (Å²) in [4.78, 5) is 20.7. The highest BCUT2D eigenvalue weighted by molar-refractivity contribution is 5.97. The van der Waals surface area contributed by atoms with E-state index in [0.29, 0.717) is 17.3 Å². The lowest BCUT2D eigenvalue weighted by molar-refractivity contribution is 0.1000. The van der Waals surface area contributed by atoms with Gasteiger partial charge in [-0.1, -0.05) is 18.2 Å². The van der Waals surface area contributed by atoms with E-state index in [0.717, 1.165) is 57.9 Å². The van der Waals surface area contributed by atoms with E-state index in [1.807, 2.05) is 6.07 Å². The molecule has 1 atom stereocenters. The predicted molar refractivity (Wildman–Crippen MR) is 105 cm³/mol. The number of anilines is 1. The fourth-order valence-electron chi connectivity index (χ4n) is 4.07. The summed E-state index contributed by atoms with van der Waals surface area (Å²) in [6.45, 7) is 5.52. The zero-order valence-corrected chi connectivity index (χ0v) is 15.5. The van der Waals surface area contributed by atoms with Crippen LogP contribution in [0.2, 0.25) is 0 Å². The number of piperazine rings is 1. The van der Waals surface area contributed by atoms with Crippen LogP contribution in [0, 0.1) is 5.92 Å². The number of carbonyl (C=O) groups is 1. The molecule has 2 aromatic rings. The Morgan fingerprint density at radius 1 is 1.15 bits per heavy atom.